The van der Waals surface area contributed by atoms with E-state index in [-0.39, 0.29) is 5.91 Å². The average Bonchev–Trinajstić information content (AvgIpc) is 3.23. The molecule has 1 aromatic carbocycles. The van der Waals surface area contributed by atoms with Gasteiger partial charge in [0.1, 0.15) is 0 Å². The van der Waals surface area contributed by atoms with Crippen molar-refractivity contribution >= 4 is 15.9 Å². The van der Waals surface area contributed by atoms with E-state index in [0.717, 1.165) is 38.3 Å². The number of carbonyl (C=O) groups is 1. The van der Waals surface area contributed by atoms with Crippen LogP contribution in [-0.2, 0) is 10.0 Å². The molecule has 2 saturated heterocycles. The molecule has 0 aromatic heterocycles. The van der Waals surface area contributed by atoms with Gasteiger partial charge in [0.25, 0.3) is 5.91 Å². The monoisotopic (exact) mass is 390 g/mol. The van der Waals surface area contributed by atoms with Crippen molar-refractivity contribution in [1.82, 2.24) is 9.21 Å². The molecular weight excluding hydrogens is 360 g/mol. The van der Waals surface area contributed by atoms with E-state index in [9.17, 15) is 13.2 Å². The van der Waals surface area contributed by atoms with Gasteiger partial charge in [-0.3, -0.25) is 4.79 Å². The first kappa shape index (κ1) is 18.9. The molecule has 3 fully saturated rings. The first-order valence-corrected chi connectivity index (χ1v) is 11.8. The van der Waals surface area contributed by atoms with E-state index in [1.165, 1.54) is 25.7 Å². The van der Waals surface area contributed by atoms with Crippen molar-refractivity contribution in [2.24, 2.45) is 11.8 Å². The summed E-state index contributed by atoms with van der Waals surface area (Å²) < 4.78 is 27.5. The minimum absolute atomic E-state index is 0.0168. The zero-order valence-electron chi connectivity index (χ0n) is 16.2. The van der Waals surface area contributed by atoms with Crippen molar-refractivity contribution in [3.05, 3.63) is 29.3 Å². The minimum Gasteiger partial charge on any atom is -0.338 e. The summed E-state index contributed by atoms with van der Waals surface area (Å²) in [6.07, 6.45) is 8.02. The Hall–Kier alpha value is -1.40. The predicted molar refractivity (Wildman–Crippen MR) is 105 cm³/mol. The van der Waals surface area contributed by atoms with Gasteiger partial charge in [0.15, 0.2) is 0 Å². The fourth-order valence-electron chi connectivity index (χ4n) is 5.05. The second kappa shape index (κ2) is 7.55. The van der Waals surface area contributed by atoms with Crippen LogP contribution in [0.1, 0.15) is 60.9 Å². The van der Waals surface area contributed by atoms with Crippen molar-refractivity contribution in [2.45, 2.75) is 56.8 Å². The molecule has 0 spiro atoms. The minimum atomic E-state index is -3.51. The zero-order chi connectivity index (χ0) is 19.0. The number of nitrogens with zero attached hydrogens (tertiary/aromatic N) is 2. The first-order chi connectivity index (χ1) is 13.0. The maximum atomic E-state index is 13.1. The molecule has 27 heavy (non-hydrogen) atoms. The zero-order valence-corrected chi connectivity index (χ0v) is 17.0. The van der Waals surface area contributed by atoms with E-state index in [2.05, 4.69) is 0 Å². The summed E-state index contributed by atoms with van der Waals surface area (Å²) in [5.74, 6) is 1.37. The van der Waals surface area contributed by atoms with E-state index in [1.54, 1.807) is 22.5 Å². The largest absolute Gasteiger partial charge is 0.338 e. The summed E-state index contributed by atoms with van der Waals surface area (Å²) in [6.45, 7) is 4.59. The summed E-state index contributed by atoms with van der Waals surface area (Å²) in [5, 5.41) is 0. The fraction of sp³-hybridized carbons (Fsp3) is 0.667. The highest BCUT2D eigenvalue weighted by atomic mass is 32.2. The van der Waals surface area contributed by atoms with Crippen molar-refractivity contribution in [3.63, 3.8) is 0 Å². The number of carbonyl (C=O) groups excluding carboxylic acids is 1. The third kappa shape index (κ3) is 3.66. The summed E-state index contributed by atoms with van der Waals surface area (Å²) in [6, 6.07) is 5.18. The molecule has 148 valence electrons. The van der Waals surface area contributed by atoms with E-state index >= 15 is 0 Å². The maximum Gasteiger partial charge on any atom is 0.253 e. The number of likely N-dealkylation sites (tertiary alicyclic amines) is 1. The molecule has 1 amide bonds. The van der Waals surface area contributed by atoms with Gasteiger partial charge < -0.3 is 4.90 Å². The molecule has 2 atom stereocenters. The van der Waals surface area contributed by atoms with Crippen molar-refractivity contribution < 1.29 is 13.2 Å². The molecule has 5 nitrogen and oxygen atoms in total. The maximum absolute atomic E-state index is 13.1. The lowest BCUT2D eigenvalue weighted by atomic mass is 9.75. The van der Waals surface area contributed by atoms with Crippen LogP contribution >= 0.6 is 0 Å². The lowest BCUT2D eigenvalue weighted by molar-refractivity contribution is 0.0520. The smallest absolute Gasteiger partial charge is 0.253 e. The molecular formula is C21H30N2O3S. The van der Waals surface area contributed by atoms with Crippen LogP contribution in [0.5, 0.6) is 0 Å². The first-order valence-electron chi connectivity index (χ1n) is 10.4. The summed E-state index contributed by atoms with van der Waals surface area (Å²) in [4.78, 5) is 15.3. The van der Waals surface area contributed by atoms with Crippen LogP contribution in [0, 0.1) is 18.8 Å². The summed E-state index contributed by atoms with van der Waals surface area (Å²) in [7, 11) is -3.51. The van der Waals surface area contributed by atoms with Crippen LogP contribution < -0.4 is 0 Å². The Bertz CT molecular complexity index is 815. The van der Waals surface area contributed by atoms with Crippen LogP contribution in [0.4, 0.5) is 0 Å². The Labute approximate surface area is 162 Å². The normalized spacial score (nSPS) is 26.8. The van der Waals surface area contributed by atoms with Crippen molar-refractivity contribution in [2.75, 3.05) is 26.2 Å². The topological polar surface area (TPSA) is 57.7 Å². The Balaban J connectivity index is 1.56. The number of fused-ring (bicyclic) bond motifs is 1. The van der Waals surface area contributed by atoms with Crippen LogP contribution in [0.2, 0.25) is 0 Å². The highest BCUT2D eigenvalue weighted by Gasteiger charge is 2.34. The van der Waals surface area contributed by atoms with Crippen LogP contribution in [0.25, 0.3) is 0 Å². The second-order valence-corrected chi connectivity index (χ2v) is 10.3. The number of sulfonamides is 1. The summed E-state index contributed by atoms with van der Waals surface area (Å²) in [5.41, 5.74) is 1.22. The van der Waals surface area contributed by atoms with Crippen molar-refractivity contribution in [3.8, 4) is 0 Å². The van der Waals surface area contributed by atoms with Gasteiger partial charge >= 0.3 is 0 Å². The van der Waals surface area contributed by atoms with E-state index in [0.29, 0.717) is 35.0 Å². The lowest BCUT2D eigenvalue weighted by Gasteiger charge is -2.41. The molecule has 6 heteroatoms. The van der Waals surface area contributed by atoms with Crippen LogP contribution in [0.15, 0.2) is 23.1 Å². The molecule has 2 aliphatic heterocycles. The highest BCUT2D eigenvalue weighted by molar-refractivity contribution is 7.89. The number of amides is 1. The Morgan fingerprint density at radius 3 is 2.41 bits per heavy atom. The Morgan fingerprint density at radius 1 is 0.963 bits per heavy atom. The standard InChI is InChI=1S/C21H30N2O3S/c1-16-8-9-18(14-20(16)27(25,26)23-11-4-5-12-23)21(24)22-13-10-17-6-2-3-7-19(17)15-22/h8-9,14,17,19H,2-7,10-13,15H2,1H3/t17-,19+/m1/s1. The van der Waals surface area contributed by atoms with Gasteiger partial charge in [0.2, 0.25) is 10.0 Å². The Kier molecular flexibility index (Phi) is 5.30. The van der Waals surface area contributed by atoms with Gasteiger partial charge in [-0.2, -0.15) is 4.31 Å². The van der Waals surface area contributed by atoms with E-state index < -0.39 is 10.0 Å². The number of piperidine rings is 1. The molecule has 3 aliphatic rings. The molecule has 0 unspecified atom stereocenters. The molecule has 1 aliphatic carbocycles. The number of aryl methyl sites for hydroxylation is 1. The Morgan fingerprint density at radius 2 is 1.67 bits per heavy atom. The molecule has 0 radical (unpaired) electrons. The third-order valence-electron chi connectivity index (χ3n) is 6.70. The van der Waals surface area contributed by atoms with Gasteiger partial charge in [0.05, 0.1) is 4.90 Å². The third-order valence-corrected chi connectivity index (χ3v) is 8.74. The number of hydrogen-bond donors (Lipinski definition) is 0. The molecule has 4 rings (SSSR count). The predicted octanol–water partition coefficient (Wildman–Crippen LogP) is 3.43. The number of hydrogen-bond acceptors (Lipinski definition) is 3. The van der Waals surface area contributed by atoms with Gasteiger partial charge in [-0.1, -0.05) is 25.3 Å². The van der Waals surface area contributed by atoms with Gasteiger partial charge in [-0.15, -0.1) is 0 Å². The number of rotatable bonds is 3. The molecule has 1 saturated carbocycles. The van der Waals surface area contributed by atoms with E-state index in [4.69, 9.17) is 0 Å². The van der Waals surface area contributed by atoms with Crippen molar-refractivity contribution in [1.29, 1.82) is 0 Å². The van der Waals surface area contributed by atoms with Gasteiger partial charge in [0, 0.05) is 31.7 Å². The van der Waals surface area contributed by atoms with Gasteiger partial charge in [-0.25, -0.2) is 8.42 Å². The van der Waals surface area contributed by atoms with E-state index in [1.807, 2.05) is 11.8 Å². The quantitative estimate of drug-likeness (QED) is 0.794. The molecule has 1 aromatic rings. The molecule has 0 bridgehead atoms. The molecule has 0 N–H and O–H groups in total. The second-order valence-electron chi connectivity index (χ2n) is 8.44. The van der Waals surface area contributed by atoms with Crippen LogP contribution in [-0.4, -0.2) is 49.7 Å². The highest BCUT2D eigenvalue weighted by Crippen LogP contribution is 2.36. The molecule has 2 heterocycles. The average molecular weight is 391 g/mol. The SMILES string of the molecule is Cc1ccc(C(=O)N2CC[C@H]3CCCC[C@H]3C2)cc1S(=O)(=O)N1CCCC1. The van der Waals surface area contributed by atoms with Crippen LogP contribution in [0.3, 0.4) is 0 Å². The number of benzene rings is 1. The lowest BCUT2D eigenvalue weighted by Crippen LogP contribution is -2.44. The summed E-state index contributed by atoms with van der Waals surface area (Å²) >= 11 is 0. The fourth-order valence-corrected chi connectivity index (χ4v) is 6.81. The van der Waals surface area contributed by atoms with Gasteiger partial charge in [-0.05, 0) is 62.1 Å².